The molecule has 4 heteroatoms. The fraction of sp³-hybridized carbons (Fsp3) is 0.818. The number of carbonyl (C=O) groups excluding carboxylic acids is 2. The van der Waals surface area contributed by atoms with Crippen molar-refractivity contribution in [3.05, 3.63) is 0 Å². The van der Waals surface area contributed by atoms with Crippen molar-refractivity contribution in [1.29, 1.82) is 0 Å². The molecule has 87 valence electrons. The minimum atomic E-state index is -0.551. The number of nitrogens with two attached hydrogens (primary N) is 1. The lowest BCUT2D eigenvalue weighted by atomic mass is 10.0. The van der Waals surface area contributed by atoms with Crippen LogP contribution in [-0.2, 0) is 9.59 Å². The molecule has 0 aliphatic rings. The Balaban J connectivity index is 4.61. The third-order valence-corrected chi connectivity index (χ3v) is 2.52. The molecule has 0 aromatic rings. The van der Waals surface area contributed by atoms with Crippen LogP contribution in [0.4, 0.5) is 0 Å². The van der Waals surface area contributed by atoms with Crippen molar-refractivity contribution < 1.29 is 9.59 Å². The summed E-state index contributed by atoms with van der Waals surface area (Å²) in [6.45, 7) is 7.51. The molecular weight excluding hydrogens is 192 g/mol. The number of nitrogens with zero attached hydrogens (tertiary/aromatic N) is 1. The predicted octanol–water partition coefficient (Wildman–Crippen LogP) is 0.562. The van der Waals surface area contributed by atoms with E-state index in [2.05, 4.69) is 0 Å². The van der Waals surface area contributed by atoms with Crippen LogP contribution in [-0.4, -0.2) is 36.2 Å². The van der Waals surface area contributed by atoms with Gasteiger partial charge in [0.1, 0.15) is 6.04 Å². The number of amides is 1. The van der Waals surface area contributed by atoms with Crippen molar-refractivity contribution in [2.75, 3.05) is 7.05 Å². The molecule has 0 unspecified atom stereocenters. The second kappa shape index (κ2) is 5.85. The molecule has 15 heavy (non-hydrogen) atoms. The molecule has 0 aromatic carbocycles. The molecule has 0 aromatic heterocycles. The lowest BCUT2D eigenvalue weighted by Gasteiger charge is -2.29. The molecule has 0 aliphatic heterocycles. The molecule has 2 atom stereocenters. The molecule has 1 amide bonds. The van der Waals surface area contributed by atoms with Gasteiger partial charge in [0.05, 0.1) is 6.04 Å². The van der Waals surface area contributed by atoms with E-state index in [0.717, 1.165) is 0 Å². The van der Waals surface area contributed by atoms with Gasteiger partial charge in [-0.25, -0.2) is 0 Å². The molecule has 0 aliphatic carbocycles. The Bertz CT molecular complexity index is 227. The first kappa shape index (κ1) is 14.1. The predicted molar refractivity (Wildman–Crippen MR) is 59.9 cm³/mol. The van der Waals surface area contributed by atoms with Gasteiger partial charge in [-0.1, -0.05) is 27.7 Å². The minimum absolute atomic E-state index is 0.0517. The second-order valence-electron chi connectivity index (χ2n) is 4.53. The van der Waals surface area contributed by atoms with E-state index < -0.39 is 12.1 Å². The molecular formula is C11H21N2O2. The van der Waals surface area contributed by atoms with Crippen LogP contribution in [0.1, 0.15) is 27.7 Å². The molecule has 0 bridgehead atoms. The van der Waals surface area contributed by atoms with Crippen molar-refractivity contribution in [3.8, 4) is 0 Å². The first-order valence-electron chi connectivity index (χ1n) is 5.22. The zero-order chi connectivity index (χ0) is 12.2. The Kier molecular flexibility index (Phi) is 5.50. The van der Waals surface area contributed by atoms with Gasteiger partial charge in [-0.3, -0.25) is 9.59 Å². The van der Waals surface area contributed by atoms with Gasteiger partial charge in [0.2, 0.25) is 12.2 Å². The van der Waals surface area contributed by atoms with Gasteiger partial charge < -0.3 is 10.6 Å². The largest absolute Gasteiger partial charge is 0.334 e. The maximum Gasteiger partial charge on any atom is 0.240 e. The molecule has 0 rings (SSSR count). The van der Waals surface area contributed by atoms with E-state index in [9.17, 15) is 9.59 Å². The summed E-state index contributed by atoms with van der Waals surface area (Å²) in [5, 5.41) is 0. The number of rotatable bonds is 5. The third kappa shape index (κ3) is 3.63. The zero-order valence-electron chi connectivity index (χ0n) is 10.2. The Morgan fingerprint density at radius 2 is 1.67 bits per heavy atom. The van der Waals surface area contributed by atoms with E-state index in [4.69, 9.17) is 5.73 Å². The Labute approximate surface area is 91.8 Å². The van der Waals surface area contributed by atoms with E-state index in [1.54, 1.807) is 7.05 Å². The number of carbonyl (C=O) groups is 1. The van der Waals surface area contributed by atoms with Crippen LogP contribution in [0.15, 0.2) is 0 Å². The quantitative estimate of drug-likeness (QED) is 0.726. The van der Waals surface area contributed by atoms with Crippen molar-refractivity contribution in [2.45, 2.75) is 39.8 Å². The fourth-order valence-electron chi connectivity index (χ4n) is 1.32. The standard InChI is InChI=1S/C11H21N2O2/c1-7(2)9(6-14)13(5)11(15)10(12)8(3)4/h7-10H,12H2,1-5H3/t9-,10+/m1/s1. The van der Waals surface area contributed by atoms with Crippen LogP contribution >= 0.6 is 0 Å². The van der Waals surface area contributed by atoms with Crippen molar-refractivity contribution >= 4 is 12.2 Å². The molecule has 0 saturated heterocycles. The highest BCUT2D eigenvalue weighted by molar-refractivity contribution is 5.84. The van der Waals surface area contributed by atoms with E-state index in [0.29, 0.717) is 0 Å². The first-order chi connectivity index (χ1) is 6.82. The highest BCUT2D eigenvalue weighted by Gasteiger charge is 2.28. The summed E-state index contributed by atoms with van der Waals surface area (Å²) in [6, 6.07) is -1.06. The summed E-state index contributed by atoms with van der Waals surface area (Å²) < 4.78 is 0. The average Bonchev–Trinajstić information content (AvgIpc) is 2.15. The van der Waals surface area contributed by atoms with Crippen LogP contribution in [0, 0.1) is 11.8 Å². The monoisotopic (exact) mass is 213 g/mol. The third-order valence-electron chi connectivity index (χ3n) is 2.52. The molecule has 4 nitrogen and oxygen atoms in total. The average molecular weight is 213 g/mol. The van der Waals surface area contributed by atoms with Crippen LogP contribution in [0.3, 0.4) is 0 Å². The lowest BCUT2D eigenvalue weighted by molar-refractivity contribution is -0.133. The Morgan fingerprint density at radius 1 is 1.20 bits per heavy atom. The summed E-state index contributed by atoms with van der Waals surface area (Å²) >= 11 is 0. The van der Waals surface area contributed by atoms with Crippen molar-refractivity contribution in [1.82, 2.24) is 4.90 Å². The molecule has 0 spiro atoms. The SMILES string of the molecule is CC(C)[C@H](N)C(=O)N(C)[C@H]([C]=O)C(C)C. The van der Waals surface area contributed by atoms with Gasteiger partial charge in [-0.2, -0.15) is 0 Å². The summed E-state index contributed by atoms with van der Waals surface area (Å²) in [5.41, 5.74) is 5.73. The smallest absolute Gasteiger partial charge is 0.240 e. The van der Waals surface area contributed by atoms with Gasteiger partial charge >= 0.3 is 0 Å². The normalized spacial score (nSPS) is 15.2. The Morgan fingerprint density at radius 3 is 1.93 bits per heavy atom. The minimum Gasteiger partial charge on any atom is -0.334 e. The summed E-state index contributed by atoms with van der Waals surface area (Å²) in [6.07, 6.45) is 1.88. The second-order valence-corrected chi connectivity index (χ2v) is 4.53. The summed E-state index contributed by atoms with van der Waals surface area (Å²) in [7, 11) is 1.60. The van der Waals surface area contributed by atoms with Gasteiger partial charge in [0, 0.05) is 7.05 Å². The molecule has 0 fully saturated rings. The van der Waals surface area contributed by atoms with E-state index in [1.807, 2.05) is 34.0 Å². The molecule has 2 N–H and O–H groups in total. The highest BCUT2D eigenvalue weighted by atomic mass is 16.2. The Hall–Kier alpha value is -0.900. The van der Waals surface area contributed by atoms with Gasteiger partial charge in [0.25, 0.3) is 0 Å². The summed E-state index contributed by atoms with van der Waals surface area (Å²) in [5.74, 6) is -0.0812. The van der Waals surface area contributed by atoms with Crippen molar-refractivity contribution in [2.24, 2.45) is 17.6 Å². The van der Waals surface area contributed by atoms with E-state index in [-0.39, 0.29) is 17.7 Å². The van der Waals surface area contributed by atoms with Crippen LogP contribution < -0.4 is 5.73 Å². The lowest BCUT2D eigenvalue weighted by Crippen LogP contribution is -2.50. The van der Waals surface area contributed by atoms with Crippen LogP contribution in [0.25, 0.3) is 0 Å². The zero-order valence-corrected chi connectivity index (χ0v) is 10.2. The van der Waals surface area contributed by atoms with E-state index in [1.165, 1.54) is 4.90 Å². The number of hydrogen-bond acceptors (Lipinski definition) is 3. The summed E-state index contributed by atoms with van der Waals surface area (Å²) in [4.78, 5) is 23.9. The van der Waals surface area contributed by atoms with E-state index >= 15 is 0 Å². The maximum atomic E-state index is 11.8. The topological polar surface area (TPSA) is 63.4 Å². The molecule has 1 radical (unpaired) electrons. The van der Waals surface area contributed by atoms with Gasteiger partial charge in [-0.05, 0) is 11.8 Å². The fourth-order valence-corrected chi connectivity index (χ4v) is 1.32. The first-order valence-corrected chi connectivity index (χ1v) is 5.22. The maximum absolute atomic E-state index is 11.8. The van der Waals surface area contributed by atoms with Crippen molar-refractivity contribution in [3.63, 3.8) is 0 Å². The highest BCUT2D eigenvalue weighted by Crippen LogP contribution is 2.10. The molecule has 0 saturated carbocycles. The molecule has 0 heterocycles. The number of likely N-dealkylation sites (N-methyl/N-ethyl adjacent to an activating group) is 1. The number of hydrogen-bond donors (Lipinski definition) is 1. The van der Waals surface area contributed by atoms with Crippen LogP contribution in [0.2, 0.25) is 0 Å². The van der Waals surface area contributed by atoms with Gasteiger partial charge in [-0.15, -0.1) is 0 Å². The van der Waals surface area contributed by atoms with Crippen LogP contribution in [0.5, 0.6) is 0 Å². The van der Waals surface area contributed by atoms with Gasteiger partial charge in [0.15, 0.2) is 0 Å².